The second-order valence-electron chi connectivity index (χ2n) is 8.17. The van der Waals surface area contributed by atoms with Crippen LogP contribution in [0.5, 0.6) is 5.88 Å². The molecule has 3 atom stereocenters. The lowest BCUT2D eigenvalue weighted by molar-refractivity contribution is -0.137. The van der Waals surface area contributed by atoms with Crippen molar-refractivity contribution in [2.45, 2.75) is 31.2 Å². The first-order chi connectivity index (χ1) is 15.8. The molecule has 1 saturated carbocycles. The highest BCUT2D eigenvalue weighted by Gasteiger charge is 2.48. The summed E-state index contributed by atoms with van der Waals surface area (Å²) in [6, 6.07) is 8.75. The maximum Gasteiger partial charge on any atom is 0.417 e. The molecule has 6 nitrogen and oxygen atoms in total. The predicted octanol–water partition coefficient (Wildman–Crippen LogP) is 4.38. The van der Waals surface area contributed by atoms with E-state index in [-0.39, 0.29) is 35.7 Å². The topological polar surface area (TPSA) is 68.2 Å². The number of amides is 1. The first-order valence-electron chi connectivity index (χ1n) is 10.4. The average molecular weight is 458 g/mol. The summed E-state index contributed by atoms with van der Waals surface area (Å²) in [7, 11) is 0. The van der Waals surface area contributed by atoms with E-state index in [1.807, 2.05) is 0 Å². The maximum absolute atomic E-state index is 13.5. The molecule has 33 heavy (non-hydrogen) atoms. The highest BCUT2D eigenvalue weighted by Crippen LogP contribution is 2.41. The summed E-state index contributed by atoms with van der Waals surface area (Å²) in [6.45, 7) is 0.558. The number of piperidine rings is 1. The highest BCUT2D eigenvalue weighted by molar-refractivity contribution is 6.00. The van der Waals surface area contributed by atoms with Crippen molar-refractivity contribution in [2.75, 3.05) is 6.54 Å². The number of benzene rings is 1. The third-order valence-electron chi connectivity index (χ3n) is 6.04. The van der Waals surface area contributed by atoms with Crippen LogP contribution in [0.2, 0.25) is 0 Å². The van der Waals surface area contributed by atoms with Crippen molar-refractivity contribution in [3.05, 3.63) is 71.9 Å². The molecule has 2 fully saturated rings. The molecule has 1 aromatic carbocycles. The minimum Gasteiger partial charge on any atom is -0.472 e. The van der Waals surface area contributed by atoms with Crippen LogP contribution in [0.1, 0.15) is 28.8 Å². The van der Waals surface area contributed by atoms with Crippen molar-refractivity contribution in [1.29, 1.82) is 0 Å². The summed E-state index contributed by atoms with van der Waals surface area (Å²) in [4.78, 5) is 26.9. The van der Waals surface area contributed by atoms with Crippen LogP contribution in [-0.2, 0) is 6.18 Å². The minimum atomic E-state index is -4.47. The van der Waals surface area contributed by atoms with Crippen LogP contribution >= 0.6 is 0 Å². The third kappa shape index (κ3) is 4.12. The lowest BCUT2D eigenvalue weighted by atomic mass is 10.0. The number of nitrogens with zero attached hydrogens (tertiary/aromatic N) is 4. The van der Waals surface area contributed by atoms with Gasteiger partial charge in [0.2, 0.25) is 5.88 Å². The number of hydrogen-bond acceptors (Lipinski definition) is 5. The number of aromatic nitrogens is 3. The fraction of sp³-hybridized carbons (Fsp3) is 0.304. The molecule has 2 bridgehead atoms. The van der Waals surface area contributed by atoms with Crippen molar-refractivity contribution >= 4 is 5.91 Å². The molecule has 170 valence electrons. The van der Waals surface area contributed by atoms with Gasteiger partial charge in [-0.2, -0.15) is 13.2 Å². The van der Waals surface area contributed by atoms with Crippen LogP contribution in [0.25, 0.3) is 11.4 Å². The number of hydrogen-bond donors (Lipinski definition) is 0. The van der Waals surface area contributed by atoms with E-state index in [0.717, 1.165) is 31.1 Å². The molecular weight excluding hydrogens is 440 g/mol. The summed E-state index contributed by atoms with van der Waals surface area (Å²) < 4.78 is 57.4. The molecule has 2 aliphatic rings. The number of ether oxygens (including phenoxy) is 1. The summed E-state index contributed by atoms with van der Waals surface area (Å²) >= 11 is 0. The molecule has 0 spiro atoms. The number of halogens is 4. The molecule has 3 heterocycles. The van der Waals surface area contributed by atoms with Gasteiger partial charge in [0.05, 0.1) is 29.6 Å². The SMILES string of the molecule is O=C(c1ccccc1-c1ncc(F)cn1)N1C[C@@H]2C[C@H](Oc3ccc(C(F)(F)F)cn3)[C@@H]1C2. The Labute approximate surface area is 186 Å². The number of rotatable bonds is 4. The van der Waals surface area contributed by atoms with Gasteiger partial charge in [-0.25, -0.2) is 19.3 Å². The normalized spacial score (nSPS) is 21.9. The molecule has 1 aliphatic carbocycles. The van der Waals surface area contributed by atoms with Gasteiger partial charge in [0.15, 0.2) is 11.6 Å². The third-order valence-corrected chi connectivity index (χ3v) is 6.04. The Morgan fingerprint density at radius 1 is 1.00 bits per heavy atom. The zero-order chi connectivity index (χ0) is 23.2. The van der Waals surface area contributed by atoms with Gasteiger partial charge in [0.1, 0.15) is 6.10 Å². The number of carbonyl (C=O) groups excluding carboxylic acids is 1. The van der Waals surface area contributed by atoms with E-state index in [1.54, 1.807) is 29.2 Å². The monoisotopic (exact) mass is 458 g/mol. The Morgan fingerprint density at radius 3 is 2.42 bits per heavy atom. The molecule has 3 aromatic rings. The summed E-state index contributed by atoms with van der Waals surface area (Å²) in [5, 5.41) is 0. The Balaban J connectivity index is 1.35. The van der Waals surface area contributed by atoms with Gasteiger partial charge in [-0.05, 0) is 30.9 Å². The van der Waals surface area contributed by atoms with Crippen molar-refractivity contribution in [2.24, 2.45) is 5.92 Å². The Kier molecular flexibility index (Phi) is 5.22. The van der Waals surface area contributed by atoms with Gasteiger partial charge in [0.25, 0.3) is 5.91 Å². The average Bonchev–Trinajstić information content (AvgIpc) is 3.40. The second-order valence-corrected chi connectivity index (χ2v) is 8.17. The number of pyridine rings is 1. The first-order valence-corrected chi connectivity index (χ1v) is 10.4. The van der Waals surface area contributed by atoms with E-state index < -0.39 is 17.6 Å². The van der Waals surface area contributed by atoms with Crippen LogP contribution in [-0.4, -0.2) is 44.4 Å². The van der Waals surface area contributed by atoms with Crippen LogP contribution < -0.4 is 4.74 Å². The molecule has 1 amide bonds. The fourth-order valence-electron chi connectivity index (χ4n) is 4.57. The molecule has 2 aromatic heterocycles. The molecule has 5 rings (SSSR count). The summed E-state index contributed by atoms with van der Waals surface area (Å²) in [5.41, 5.74) is 0.0365. The van der Waals surface area contributed by atoms with Crippen molar-refractivity contribution < 1.29 is 27.1 Å². The Hall–Kier alpha value is -3.56. The van der Waals surface area contributed by atoms with Gasteiger partial charge >= 0.3 is 6.18 Å². The van der Waals surface area contributed by atoms with Crippen molar-refractivity contribution in [3.63, 3.8) is 0 Å². The Morgan fingerprint density at radius 2 is 1.76 bits per heavy atom. The van der Waals surface area contributed by atoms with E-state index in [4.69, 9.17) is 4.74 Å². The van der Waals surface area contributed by atoms with Gasteiger partial charge in [-0.1, -0.05) is 18.2 Å². The van der Waals surface area contributed by atoms with Gasteiger partial charge < -0.3 is 9.64 Å². The van der Waals surface area contributed by atoms with Gasteiger partial charge in [0, 0.05) is 24.4 Å². The highest BCUT2D eigenvalue weighted by atomic mass is 19.4. The van der Waals surface area contributed by atoms with Crippen LogP contribution in [0.4, 0.5) is 17.6 Å². The van der Waals surface area contributed by atoms with Gasteiger partial charge in [-0.15, -0.1) is 0 Å². The van der Waals surface area contributed by atoms with E-state index in [9.17, 15) is 22.4 Å². The molecule has 0 unspecified atom stereocenters. The largest absolute Gasteiger partial charge is 0.472 e. The Bertz CT molecular complexity index is 1170. The lowest BCUT2D eigenvalue weighted by Crippen LogP contribution is -2.47. The molecule has 0 N–H and O–H groups in total. The van der Waals surface area contributed by atoms with Crippen LogP contribution in [0.15, 0.2) is 55.0 Å². The summed E-state index contributed by atoms with van der Waals surface area (Å²) in [5.74, 6) is -0.233. The van der Waals surface area contributed by atoms with E-state index >= 15 is 0 Å². The molecule has 10 heteroatoms. The quantitative estimate of drug-likeness (QED) is 0.543. The van der Waals surface area contributed by atoms with Crippen LogP contribution in [0, 0.1) is 11.7 Å². The zero-order valence-electron chi connectivity index (χ0n) is 17.2. The van der Waals surface area contributed by atoms with E-state index in [2.05, 4.69) is 15.0 Å². The van der Waals surface area contributed by atoms with E-state index in [1.165, 1.54) is 6.07 Å². The fourth-order valence-corrected chi connectivity index (χ4v) is 4.57. The standard InChI is InChI=1S/C23H18F4N4O2/c24-15-10-29-21(30-11-15)16-3-1-2-4-17(16)22(32)31-12-13-7-18(31)19(8-13)33-20-6-5-14(9-28-20)23(25,26)27/h1-6,9-11,13,18-19H,7-8,12H2/t13-,18-,19-/m0/s1. The lowest BCUT2D eigenvalue weighted by Gasteiger charge is -2.33. The van der Waals surface area contributed by atoms with E-state index in [0.29, 0.717) is 24.1 Å². The first kappa shape index (κ1) is 21.3. The molecular formula is C23H18F4N4O2. The number of fused-ring (bicyclic) bond motifs is 2. The minimum absolute atomic E-state index is 0.0908. The predicted molar refractivity (Wildman–Crippen MR) is 109 cm³/mol. The number of carbonyl (C=O) groups is 1. The zero-order valence-corrected chi connectivity index (χ0v) is 17.2. The smallest absolute Gasteiger partial charge is 0.417 e. The maximum atomic E-state index is 13.5. The van der Waals surface area contributed by atoms with Gasteiger partial charge in [-0.3, -0.25) is 4.79 Å². The molecule has 0 radical (unpaired) electrons. The summed E-state index contributed by atoms with van der Waals surface area (Å²) in [6.07, 6.45) is -0.574. The second kappa shape index (κ2) is 8.09. The van der Waals surface area contributed by atoms with Crippen molar-refractivity contribution in [3.8, 4) is 17.3 Å². The molecule has 1 saturated heterocycles. The van der Waals surface area contributed by atoms with Crippen LogP contribution in [0.3, 0.4) is 0 Å². The number of alkyl halides is 3. The number of likely N-dealkylation sites (tertiary alicyclic amines) is 1. The molecule has 1 aliphatic heterocycles. The van der Waals surface area contributed by atoms with Crippen molar-refractivity contribution in [1.82, 2.24) is 19.9 Å².